The first-order valence-corrected chi connectivity index (χ1v) is 10.5. The van der Waals surface area contributed by atoms with E-state index in [0.717, 1.165) is 5.56 Å². The van der Waals surface area contributed by atoms with Gasteiger partial charge in [0.15, 0.2) is 9.76 Å². The summed E-state index contributed by atoms with van der Waals surface area (Å²) >= 11 is 0. The molecular weight excluding hydrogens is 370 g/mol. The minimum Gasteiger partial charge on any atom is -0.496 e. The van der Waals surface area contributed by atoms with Gasteiger partial charge >= 0.3 is 0 Å². The minimum atomic E-state index is -1.04. The van der Waals surface area contributed by atoms with Crippen molar-refractivity contribution in [2.24, 2.45) is 0 Å². The minimum absolute atomic E-state index is 0.0347. The molecule has 0 N–H and O–H groups in total. The zero-order valence-corrected chi connectivity index (χ0v) is 17.4. The molecule has 28 heavy (non-hydrogen) atoms. The Hall–Kier alpha value is -2.96. The fourth-order valence-electron chi connectivity index (χ4n) is 3.28. The molecule has 0 amide bonds. The predicted octanol–water partition coefficient (Wildman–Crippen LogP) is 4.30. The second-order valence-corrected chi connectivity index (χ2v) is 8.15. The highest BCUT2D eigenvalue weighted by atomic mass is 28.2. The Morgan fingerprint density at radius 2 is 1.57 bits per heavy atom. The zero-order chi connectivity index (χ0) is 19.9. The van der Waals surface area contributed by atoms with Crippen molar-refractivity contribution >= 4 is 15.5 Å². The maximum atomic E-state index is 11.4. The Labute approximate surface area is 167 Å². The number of aryl methyl sites for hydroxylation is 1. The van der Waals surface area contributed by atoms with E-state index in [-0.39, 0.29) is 22.8 Å². The van der Waals surface area contributed by atoms with Crippen LogP contribution in [0.15, 0.2) is 72.8 Å². The molecule has 6 heteroatoms. The van der Waals surface area contributed by atoms with Gasteiger partial charge in [0.2, 0.25) is 0 Å². The van der Waals surface area contributed by atoms with Crippen molar-refractivity contribution in [3.05, 3.63) is 105 Å². The molecule has 0 atom stereocenters. The molecule has 0 heterocycles. The van der Waals surface area contributed by atoms with Crippen LogP contribution in [-0.4, -0.2) is 21.8 Å². The van der Waals surface area contributed by atoms with Crippen LogP contribution in [0.1, 0.15) is 27.8 Å². The number of nitrogens with zero attached hydrogens (tertiary/aromatic N) is 1. The summed E-state index contributed by atoms with van der Waals surface area (Å²) in [6.45, 7) is 2.10. The van der Waals surface area contributed by atoms with Gasteiger partial charge in [-0.1, -0.05) is 60.7 Å². The molecule has 3 aromatic rings. The normalized spacial score (nSPS) is 11.2. The van der Waals surface area contributed by atoms with Crippen molar-refractivity contribution in [2.45, 2.75) is 19.1 Å². The first-order chi connectivity index (χ1) is 13.6. The number of ether oxygens (including phenoxy) is 1. The van der Waals surface area contributed by atoms with Gasteiger partial charge in [0.25, 0.3) is 5.69 Å². The molecule has 0 bridgehead atoms. The molecule has 0 aliphatic rings. The molecule has 0 aromatic heterocycles. The van der Waals surface area contributed by atoms with Gasteiger partial charge < -0.3 is 9.16 Å². The van der Waals surface area contributed by atoms with E-state index < -0.39 is 9.76 Å². The second-order valence-electron chi connectivity index (χ2n) is 6.60. The lowest BCUT2D eigenvalue weighted by Gasteiger charge is -2.18. The van der Waals surface area contributed by atoms with Crippen LogP contribution >= 0.6 is 0 Å². The lowest BCUT2D eigenvalue weighted by atomic mass is 10.0. The number of hydrogen-bond acceptors (Lipinski definition) is 4. The molecule has 5 nitrogen and oxygen atoms in total. The van der Waals surface area contributed by atoms with Gasteiger partial charge in [0.05, 0.1) is 30.3 Å². The standard InChI is InChI=1S/C22H23NO4Si/c1-16-13-19(20(23(24)25)14-21(16)26-2)15-27-28-22(17-9-5-3-6-10-17)18-11-7-4-8-12-18/h3-14,22H,15,28H2,1-2H3. The molecule has 0 saturated heterocycles. The maximum absolute atomic E-state index is 11.4. The third kappa shape index (κ3) is 4.65. The molecule has 0 aliphatic carbocycles. The fourth-order valence-corrected chi connectivity index (χ4v) is 4.79. The Bertz CT molecular complexity index is 893. The molecule has 3 rings (SSSR count). The summed E-state index contributed by atoms with van der Waals surface area (Å²) in [5.74, 6) is 0.513. The van der Waals surface area contributed by atoms with Crippen molar-refractivity contribution in [1.29, 1.82) is 0 Å². The number of hydrogen-bond donors (Lipinski definition) is 0. The van der Waals surface area contributed by atoms with E-state index in [1.807, 2.05) is 43.3 Å². The largest absolute Gasteiger partial charge is 0.496 e. The van der Waals surface area contributed by atoms with E-state index in [1.165, 1.54) is 24.3 Å². The van der Waals surface area contributed by atoms with Gasteiger partial charge in [-0.25, -0.2) is 0 Å². The van der Waals surface area contributed by atoms with E-state index in [9.17, 15) is 10.1 Å². The highest BCUT2D eigenvalue weighted by Crippen LogP contribution is 2.30. The average molecular weight is 394 g/mol. The van der Waals surface area contributed by atoms with E-state index in [0.29, 0.717) is 11.3 Å². The van der Waals surface area contributed by atoms with Crippen LogP contribution < -0.4 is 4.74 Å². The van der Waals surface area contributed by atoms with Crippen LogP contribution in [0.2, 0.25) is 0 Å². The Morgan fingerprint density at radius 3 is 2.07 bits per heavy atom. The average Bonchev–Trinajstić information content (AvgIpc) is 2.72. The van der Waals surface area contributed by atoms with Crippen LogP contribution in [-0.2, 0) is 11.0 Å². The van der Waals surface area contributed by atoms with Crippen molar-refractivity contribution in [3.8, 4) is 5.75 Å². The monoisotopic (exact) mass is 393 g/mol. The molecule has 0 aliphatic heterocycles. The number of benzene rings is 3. The van der Waals surface area contributed by atoms with Gasteiger partial charge in [0.1, 0.15) is 5.75 Å². The SMILES string of the molecule is COc1cc([N+](=O)[O-])c(CO[SiH2]C(c2ccccc2)c2ccccc2)cc1C. The van der Waals surface area contributed by atoms with Gasteiger partial charge in [0, 0.05) is 5.54 Å². The quantitative estimate of drug-likeness (QED) is 0.325. The van der Waals surface area contributed by atoms with E-state index >= 15 is 0 Å². The smallest absolute Gasteiger partial charge is 0.278 e. The molecular formula is C22H23NO4Si. The van der Waals surface area contributed by atoms with Gasteiger partial charge in [-0.2, -0.15) is 0 Å². The van der Waals surface area contributed by atoms with Crippen LogP contribution in [0.3, 0.4) is 0 Å². The number of nitro groups is 1. The molecule has 144 valence electrons. The molecule has 0 unspecified atom stereocenters. The summed E-state index contributed by atoms with van der Waals surface area (Å²) in [4.78, 5) is 11.1. The third-order valence-corrected chi connectivity index (χ3v) is 6.45. The lowest BCUT2D eigenvalue weighted by molar-refractivity contribution is -0.385. The second kappa shape index (κ2) is 9.30. The molecule has 0 saturated carbocycles. The molecule has 0 fully saturated rings. The summed E-state index contributed by atoms with van der Waals surface area (Å²) < 4.78 is 11.3. The number of methoxy groups -OCH3 is 1. The van der Waals surface area contributed by atoms with Crippen LogP contribution in [0.25, 0.3) is 0 Å². The fraction of sp³-hybridized carbons (Fsp3) is 0.182. The van der Waals surface area contributed by atoms with Crippen LogP contribution in [0.4, 0.5) is 5.69 Å². The summed E-state index contributed by atoms with van der Waals surface area (Å²) in [6.07, 6.45) is 0. The zero-order valence-electron chi connectivity index (χ0n) is 16.0. The van der Waals surface area contributed by atoms with Crippen molar-refractivity contribution < 1.29 is 14.1 Å². The summed E-state index contributed by atoms with van der Waals surface area (Å²) in [6, 6.07) is 23.8. The first-order valence-electron chi connectivity index (χ1n) is 9.09. The Kier molecular flexibility index (Phi) is 6.57. The van der Waals surface area contributed by atoms with Crippen molar-refractivity contribution in [3.63, 3.8) is 0 Å². The molecule has 0 radical (unpaired) electrons. The Balaban J connectivity index is 1.80. The van der Waals surface area contributed by atoms with Crippen LogP contribution in [0.5, 0.6) is 5.75 Å². The highest BCUT2D eigenvalue weighted by Gasteiger charge is 2.19. The van der Waals surface area contributed by atoms with Gasteiger partial charge in [-0.15, -0.1) is 0 Å². The molecule has 3 aromatic carbocycles. The van der Waals surface area contributed by atoms with E-state index in [1.54, 1.807) is 6.07 Å². The Morgan fingerprint density at radius 1 is 1.00 bits per heavy atom. The predicted molar refractivity (Wildman–Crippen MR) is 112 cm³/mol. The van der Waals surface area contributed by atoms with Gasteiger partial charge in [-0.3, -0.25) is 10.1 Å². The van der Waals surface area contributed by atoms with E-state index in [4.69, 9.17) is 9.16 Å². The summed E-state index contributed by atoms with van der Waals surface area (Å²) in [5, 5.41) is 11.4. The third-order valence-electron chi connectivity index (χ3n) is 4.74. The highest BCUT2D eigenvalue weighted by molar-refractivity contribution is 6.31. The lowest BCUT2D eigenvalue weighted by Crippen LogP contribution is -2.14. The van der Waals surface area contributed by atoms with Crippen molar-refractivity contribution in [1.82, 2.24) is 0 Å². The van der Waals surface area contributed by atoms with Gasteiger partial charge in [-0.05, 0) is 29.7 Å². The van der Waals surface area contributed by atoms with Crippen LogP contribution in [0, 0.1) is 17.0 Å². The first kappa shape index (κ1) is 19.8. The number of nitro benzene ring substituents is 1. The summed E-state index contributed by atoms with van der Waals surface area (Å²) in [5.41, 5.74) is 4.08. The van der Waals surface area contributed by atoms with E-state index in [2.05, 4.69) is 24.3 Å². The molecule has 0 spiro atoms. The number of rotatable bonds is 8. The summed E-state index contributed by atoms with van der Waals surface area (Å²) in [7, 11) is 0.477. The van der Waals surface area contributed by atoms with Crippen molar-refractivity contribution in [2.75, 3.05) is 7.11 Å². The topological polar surface area (TPSA) is 61.6 Å². The maximum Gasteiger partial charge on any atom is 0.278 e.